The SMILES string of the molecule is CCCNC1CCOC(C)(c2cccc(C(F)(F)F)c2)C1. The molecule has 118 valence electrons. The molecule has 1 saturated heterocycles. The second kappa shape index (κ2) is 6.36. The lowest BCUT2D eigenvalue weighted by Crippen LogP contribution is -2.44. The zero-order chi connectivity index (χ0) is 15.5. The van der Waals surface area contributed by atoms with Crippen molar-refractivity contribution in [1.82, 2.24) is 5.32 Å². The van der Waals surface area contributed by atoms with Crippen molar-refractivity contribution < 1.29 is 17.9 Å². The molecule has 2 rings (SSSR count). The van der Waals surface area contributed by atoms with E-state index in [9.17, 15) is 13.2 Å². The molecule has 1 aliphatic rings. The van der Waals surface area contributed by atoms with Gasteiger partial charge < -0.3 is 10.1 Å². The van der Waals surface area contributed by atoms with Crippen LogP contribution in [-0.4, -0.2) is 19.2 Å². The van der Waals surface area contributed by atoms with Gasteiger partial charge in [-0.05, 0) is 50.4 Å². The van der Waals surface area contributed by atoms with Gasteiger partial charge in [0, 0.05) is 12.6 Å². The molecular formula is C16H22F3NO. The minimum Gasteiger partial charge on any atom is -0.370 e. The Hall–Kier alpha value is -1.07. The zero-order valence-electron chi connectivity index (χ0n) is 12.5. The van der Waals surface area contributed by atoms with Crippen molar-refractivity contribution in [3.8, 4) is 0 Å². The fourth-order valence-electron chi connectivity index (χ4n) is 2.81. The third-order valence-electron chi connectivity index (χ3n) is 4.01. The predicted octanol–water partition coefficient (Wildman–Crippen LogP) is 4.10. The van der Waals surface area contributed by atoms with Crippen LogP contribution in [0.2, 0.25) is 0 Å². The van der Waals surface area contributed by atoms with Gasteiger partial charge in [0.2, 0.25) is 0 Å². The molecule has 0 saturated carbocycles. The normalized spacial score (nSPS) is 26.8. The summed E-state index contributed by atoms with van der Waals surface area (Å²) in [5.41, 5.74) is -0.681. The average molecular weight is 301 g/mol. The highest BCUT2D eigenvalue weighted by atomic mass is 19.4. The molecule has 1 heterocycles. The van der Waals surface area contributed by atoms with Crippen molar-refractivity contribution in [2.24, 2.45) is 0 Å². The van der Waals surface area contributed by atoms with Crippen LogP contribution in [0.25, 0.3) is 0 Å². The van der Waals surface area contributed by atoms with E-state index < -0.39 is 17.3 Å². The molecule has 1 aromatic rings. The average Bonchev–Trinajstić information content (AvgIpc) is 2.44. The maximum Gasteiger partial charge on any atom is 0.416 e. The number of alkyl halides is 3. The Morgan fingerprint density at radius 3 is 2.81 bits per heavy atom. The van der Waals surface area contributed by atoms with Crippen molar-refractivity contribution in [3.63, 3.8) is 0 Å². The maximum atomic E-state index is 12.8. The van der Waals surface area contributed by atoms with Gasteiger partial charge in [0.05, 0.1) is 11.2 Å². The molecule has 0 amide bonds. The second-order valence-electron chi connectivity index (χ2n) is 5.80. The number of hydrogen-bond acceptors (Lipinski definition) is 2. The Labute approximate surface area is 123 Å². The van der Waals surface area contributed by atoms with Gasteiger partial charge in [-0.1, -0.05) is 19.1 Å². The van der Waals surface area contributed by atoms with Crippen LogP contribution in [0.5, 0.6) is 0 Å². The Morgan fingerprint density at radius 1 is 1.38 bits per heavy atom. The zero-order valence-corrected chi connectivity index (χ0v) is 12.5. The number of nitrogens with one attached hydrogen (secondary N) is 1. The van der Waals surface area contributed by atoms with Crippen molar-refractivity contribution in [2.45, 2.75) is 50.9 Å². The summed E-state index contributed by atoms with van der Waals surface area (Å²) in [6.45, 7) is 5.46. The fraction of sp³-hybridized carbons (Fsp3) is 0.625. The van der Waals surface area contributed by atoms with Crippen molar-refractivity contribution in [3.05, 3.63) is 35.4 Å². The van der Waals surface area contributed by atoms with Gasteiger partial charge in [0.1, 0.15) is 0 Å². The first-order valence-corrected chi connectivity index (χ1v) is 7.40. The maximum absolute atomic E-state index is 12.8. The minimum atomic E-state index is -4.32. The topological polar surface area (TPSA) is 21.3 Å². The predicted molar refractivity (Wildman–Crippen MR) is 76.1 cm³/mol. The van der Waals surface area contributed by atoms with Crippen LogP contribution in [0.4, 0.5) is 13.2 Å². The van der Waals surface area contributed by atoms with E-state index in [1.807, 2.05) is 6.92 Å². The Bertz CT molecular complexity index is 475. The first-order chi connectivity index (χ1) is 9.85. The van der Waals surface area contributed by atoms with E-state index in [4.69, 9.17) is 4.74 Å². The first-order valence-electron chi connectivity index (χ1n) is 7.40. The highest BCUT2D eigenvalue weighted by molar-refractivity contribution is 5.30. The molecule has 0 aliphatic carbocycles. The van der Waals surface area contributed by atoms with Crippen LogP contribution in [0, 0.1) is 0 Å². The molecule has 1 aromatic carbocycles. The molecule has 0 bridgehead atoms. The van der Waals surface area contributed by atoms with Gasteiger partial charge in [-0.25, -0.2) is 0 Å². The molecule has 21 heavy (non-hydrogen) atoms. The summed E-state index contributed by atoms with van der Waals surface area (Å²) >= 11 is 0. The molecule has 2 unspecified atom stereocenters. The smallest absolute Gasteiger partial charge is 0.370 e. The monoisotopic (exact) mass is 301 g/mol. The van der Waals surface area contributed by atoms with E-state index in [1.165, 1.54) is 12.1 Å². The van der Waals surface area contributed by atoms with Crippen LogP contribution in [0.3, 0.4) is 0 Å². The van der Waals surface area contributed by atoms with Gasteiger partial charge in [-0.2, -0.15) is 13.2 Å². The summed E-state index contributed by atoms with van der Waals surface area (Å²) in [6.07, 6.45) is -1.69. The van der Waals surface area contributed by atoms with Crippen molar-refractivity contribution in [1.29, 1.82) is 0 Å². The van der Waals surface area contributed by atoms with Crippen LogP contribution >= 0.6 is 0 Å². The van der Waals surface area contributed by atoms with E-state index in [-0.39, 0.29) is 0 Å². The number of rotatable bonds is 4. The Balaban J connectivity index is 2.19. The van der Waals surface area contributed by atoms with Crippen LogP contribution < -0.4 is 5.32 Å². The highest BCUT2D eigenvalue weighted by Crippen LogP contribution is 2.37. The summed E-state index contributed by atoms with van der Waals surface area (Å²) < 4.78 is 44.4. The van der Waals surface area contributed by atoms with E-state index in [1.54, 1.807) is 6.07 Å². The van der Waals surface area contributed by atoms with Crippen LogP contribution in [0.15, 0.2) is 24.3 Å². The van der Waals surface area contributed by atoms with E-state index in [0.29, 0.717) is 24.6 Å². The Morgan fingerprint density at radius 2 is 2.14 bits per heavy atom. The molecule has 0 aromatic heterocycles. The van der Waals surface area contributed by atoms with Crippen molar-refractivity contribution in [2.75, 3.05) is 13.2 Å². The summed E-state index contributed by atoms with van der Waals surface area (Å²) in [5.74, 6) is 0. The van der Waals surface area contributed by atoms with Gasteiger partial charge in [0.15, 0.2) is 0 Å². The lowest BCUT2D eigenvalue weighted by molar-refractivity contribution is -0.138. The summed E-state index contributed by atoms with van der Waals surface area (Å²) in [4.78, 5) is 0. The molecule has 0 radical (unpaired) electrons. The van der Waals surface area contributed by atoms with Gasteiger partial charge in [-0.15, -0.1) is 0 Å². The molecule has 1 fully saturated rings. The van der Waals surface area contributed by atoms with Gasteiger partial charge in [-0.3, -0.25) is 0 Å². The number of ether oxygens (including phenoxy) is 1. The Kier molecular flexibility index (Phi) is 4.94. The van der Waals surface area contributed by atoms with Gasteiger partial charge in [0.25, 0.3) is 0 Å². The van der Waals surface area contributed by atoms with E-state index in [2.05, 4.69) is 12.2 Å². The summed E-state index contributed by atoms with van der Waals surface area (Å²) in [6, 6.07) is 5.77. The number of benzene rings is 1. The second-order valence-corrected chi connectivity index (χ2v) is 5.80. The van der Waals surface area contributed by atoms with Crippen LogP contribution in [0.1, 0.15) is 44.2 Å². The molecule has 1 aliphatic heterocycles. The highest BCUT2D eigenvalue weighted by Gasteiger charge is 2.37. The fourth-order valence-corrected chi connectivity index (χ4v) is 2.81. The molecule has 2 atom stereocenters. The molecule has 0 spiro atoms. The molecule has 2 nitrogen and oxygen atoms in total. The molecule has 1 N–H and O–H groups in total. The third kappa shape index (κ3) is 3.98. The third-order valence-corrected chi connectivity index (χ3v) is 4.01. The van der Waals surface area contributed by atoms with Gasteiger partial charge >= 0.3 is 6.18 Å². The number of hydrogen-bond donors (Lipinski definition) is 1. The molecule has 5 heteroatoms. The molecular weight excluding hydrogens is 279 g/mol. The largest absolute Gasteiger partial charge is 0.416 e. The lowest BCUT2D eigenvalue weighted by atomic mass is 9.85. The summed E-state index contributed by atoms with van der Waals surface area (Å²) in [5, 5.41) is 3.44. The van der Waals surface area contributed by atoms with E-state index in [0.717, 1.165) is 25.5 Å². The number of halogens is 3. The first kappa shape index (κ1) is 16.3. The standard InChI is InChI=1S/C16H22F3NO/c1-3-8-20-14-7-9-21-15(2,11-14)12-5-4-6-13(10-12)16(17,18)19/h4-6,10,14,20H,3,7-9,11H2,1-2H3. The van der Waals surface area contributed by atoms with Crippen LogP contribution in [-0.2, 0) is 16.5 Å². The summed E-state index contributed by atoms with van der Waals surface area (Å²) in [7, 11) is 0. The lowest BCUT2D eigenvalue weighted by Gasteiger charge is -2.39. The van der Waals surface area contributed by atoms with E-state index >= 15 is 0 Å². The quantitative estimate of drug-likeness (QED) is 0.904. The van der Waals surface area contributed by atoms with Crippen molar-refractivity contribution >= 4 is 0 Å². The minimum absolute atomic E-state index is 0.290.